The number of para-hydroxylation sites is 2. The summed E-state index contributed by atoms with van der Waals surface area (Å²) in [6.07, 6.45) is 5.21. The van der Waals surface area contributed by atoms with Gasteiger partial charge in [0.1, 0.15) is 18.2 Å². The average molecular weight is 376 g/mol. The first kappa shape index (κ1) is 17.7. The Labute approximate surface area is 161 Å². The number of nitrogens with zero attached hydrogens (tertiary/aromatic N) is 6. The Kier molecular flexibility index (Phi) is 4.96. The Morgan fingerprint density at radius 3 is 2.89 bits per heavy atom. The molecule has 0 bridgehead atoms. The summed E-state index contributed by atoms with van der Waals surface area (Å²) in [6.45, 7) is 3.09. The van der Waals surface area contributed by atoms with Crippen molar-refractivity contribution in [2.75, 3.05) is 18.4 Å². The smallest absolute Gasteiger partial charge is 0.240 e. The van der Waals surface area contributed by atoms with Crippen LogP contribution in [-0.2, 0) is 11.3 Å². The summed E-state index contributed by atoms with van der Waals surface area (Å²) in [6, 6.07) is 11.4. The molecule has 0 atom stereocenters. The predicted molar refractivity (Wildman–Crippen MR) is 105 cm³/mol. The van der Waals surface area contributed by atoms with E-state index in [0.29, 0.717) is 30.5 Å². The zero-order valence-electron chi connectivity index (χ0n) is 15.4. The first-order valence-corrected chi connectivity index (χ1v) is 8.95. The van der Waals surface area contributed by atoms with Crippen LogP contribution in [0.2, 0.25) is 0 Å². The second kappa shape index (κ2) is 7.87. The van der Waals surface area contributed by atoms with Gasteiger partial charge in [-0.15, -0.1) is 0 Å². The molecule has 0 radical (unpaired) electrons. The van der Waals surface area contributed by atoms with Gasteiger partial charge in [-0.25, -0.2) is 19.6 Å². The summed E-state index contributed by atoms with van der Waals surface area (Å²) in [4.78, 5) is 25.2. The van der Waals surface area contributed by atoms with Crippen LogP contribution >= 0.6 is 0 Å². The largest absolute Gasteiger partial charge is 0.368 e. The minimum atomic E-state index is -0.0685. The monoisotopic (exact) mass is 376 g/mol. The molecular formula is C19H20N8O. The Morgan fingerprint density at radius 1 is 1.14 bits per heavy atom. The van der Waals surface area contributed by atoms with Crippen LogP contribution in [-0.4, -0.2) is 48.3 Å². The van der Waals surface area contributed by atoms with Crippen LogP contribution in [0.25, 0.3) is 16.9 Å². The number of nitrogens with one attached hydrogen (secondary N) is 2. The SMILES string of the molecule is Cc1nc(NCCNC(=O)Cn2cnc3ccccc32)cc(-n2cccn2)n1. The summed E-state index contributed by atoms with van der Waals surface area (Å²) in [7, 11) is 0. The molecule has 0 fully saturated rings. The van der Waals surface area contributed by atoms with Crippen molar-refractivity contribution < 1.29 is 4.79 Å². The van der Waals surface area contributed by atoms with E-state index in [1.54, 1.807) is 17.2 Å². The lowest BCUT2D eigenvalue weighted by Gasteiger charge is -2.10. The number of amides is 1. The summed E-state index contributed by atoms with van der Waals surface area (Å²) >= 11 is 0. The molecule has 142 valence electrons. The second-order valence-corrected chi connectivity index (χ2v) is 6.25. The van der Waals surface area contributed by atoms with Gasteiger partial charge in [0.2, 0.25) is 5.91 Å². The van der Waals surface area contributed by atoms with Crippen LogP contribution in [0.3, 0.4) is 0 Å². The number of hydrogen-bond donors (Lipinski definition) is 2. The molecule has 28 heavy (non-hydrogen) atoms. The number of rotatable bonds is 7. The Hall–Kier alpha value is -3.75. The van der Waals surface area contributed by atoms with Crippen LogP contribution in [0.5, 0.6) is 0 Å². The van der Waals surface area contributed by atoms with E-state index in [4.69, 9.17) is 0 Å². The number of carbonyl (C=O) groups is 1. The summed E-state index contributed by atoms with van der Waals surface area (Å²) in [5.74, 6) is 1.96. The lowest BCUT2D eigenvalue weighted by Crippen LogP contribution is -2.31. The van der Waals surface area contributed by atoms with E-state index in [9.17, 15) is 4.79 Å². The van der Waals surface area contributed by atoms with Gasteiger partial charge in [-0.3, -0.25) is 4.79 Å². The first-order chi connectivity index (χ1) is 13.7. The summed E-state index contributed by atoms with van der Waals surface area (Å²) in [5.41, 5.74) is 1.82. The fourth-order valence-electron chi connectivity index (χ4n) is 2.90. The highest BCUT2D eigenvalue weighted by molar-refractivity contribution is 5.80. The zero-order valence-corrected chi connectivity index (χ0v) is 15.4. The Balaban J connectivity index is 1.29. The first-order valence-electron chi connectivity index (χ1n) is 8.95. The fourth-order valence-corrected chi connectivity index (χ4v) is 2.90. The van der Waals surface area contributed by atoms with Crippen molar-refractivity contribution >= 4 is 22.8 Å². The number of hydrogen-bond acceptors (Lipinski definition) is 6. The number of imidazole rings is 1. The molecule has 2 N–H and O–H groups in total. The predicted octanol–water partition coefficient (Wildman–Crippen LogP) is 1.55. The van der Waals surface area contributed by atoms with Gasteiger partial charge in [0.05, 0.1) is 17.4 Å². The molecule has 9 nitrogen and oxygen atoms in total. The van der Waals surface area contributed by atoms with Gasteiger partial charge in [-0.2, -0.15) is 5.10 Å². The lowest BCUT2D eigenvalue weighted by molar-refractivity contribution is -0.121. The summed E-state index contributed by atoms with van der Waals surface area (Å²) in [5, 5.41) is 10.3. The van der Waals surface area contributed by atoms with E-state index >= 15 is 0 Å². The molecule has 4 aromatic rings. The maximum absolute atomic E-state index is 12.2. The number of carbonyl (C=O) groups excluding carboxylic acids is 1. The van der Waals surface area contributed by atoms with Crippen molar-refractivity contribution in [3.05, 3.63) is 60.9 Å². The number of benzene rings is 1. The van der Waals surface area contributed by atoms with E-state index in [0.717, 1.165) is 11.0 Å². The Bertz CT molecular complexity index is 1090. The minimum absolute atomic E-state index is 0.0685. The lowest BCUT2D eigenvalue weighted by atomic mass is 10.3. The third kappa shape index (κ3) is 3.98. The second-order valence-electron chi connectivity index (χ2n) is 6.25. The number of aromatic nitrogens is 6. The third-order valence-electron chi connectivity index (χ3n) is 4.16. The van der Waals surface area contributed by atoms with Crippen LogP contribution in [0, 0.1) is 6.92 Å². The van der Waals surface area contributed by atoms with Gasteiger partial charge in [0.15, 0.2) is 5.82 Å². The molecule has 0 saturated heterocycles. The van der Waals surface area contributed by atoms with Crippen molar-refractivity contribution in [2.45, 2.75) is 13.5 Å². The zero-order chi connectivity index (χ0) is 19.3. The molecular weight excluding hydrogens is 356 g/mol. The molecule has 0 saturated carbocycles. The van der Waals surface area contributed by atoms with Crippen LogP contribution in [0.1, 0.15) is 5.82 Å². The van der Waals surface area contributed by atoms with Gasteiger partial charge < -0.3 is 15.2 Å². The molecule has 9 heteroatoms. The van der Waals surface area contributed by atoms with Gasteiger partial charge >= 0.3 is 0 Å². The highest BCUT2D eigenvalue weighted by Gasteiger charge is 2.07. The maximum atomic E-state index is 12.2. The minimum Gasteiger partial charge on any atom is -0.368 e. The van der Waals surface area contributed by atoms with E-state index in [1.807, 2.05) is 54.1 Å². The third-order valence-corrected chi connectivity index (χ3v) is 4.16. The van der Waals surface area contributed by atoms with E-state index < -0.39 is 0 Å². The molecule has 0 spiro atoms. The van der Waals surface area contributed by atoms with Crippen molar-refractivity contribution in [3.63, 3.8) is 0 Å². The molecule has 3 heterocycles. The van der Waals surface area contributed by atoms with Crippen LogP contribution < -0.4 is 10.6 Å². The maximum Gasteiger partial charge on any atom is 0.240 e. The standard InChI is InChI=1S/C19H20N8O/c1-14-24-17(11-18(25-14)27-10-4-7-23-27)20-8-9-21-19(28)12-26-13-22-15-5-2-3-6-16(15)26/h2-7,10-11,13H,8-9,12H2,1H3,(H,21,28)(H,20,24,25). The van der Waals surface area contributed by atoms with E-state index in [1.165, 1.54) is 0 Å². The molecule has 0 unspecified atom stereocenters. The highest BCUT2D eigenvalue weighted by atomic mass is 16.1. The number of aryl methyl sites for hydroxylation is 1. The van der Waals surface area contributed by atoms with Gasteiger partial charge in [-0.05, 0) is 25.1 Å². The topological polar surface area (TPSA) is 103 Å². The molecule has 1 amide bonds. The molecule has 4 rings (SSSR count). The molecule has 0 aliphatic rings. The van der Waals surface area contributed by atoms with E-state index in [2.05, 4.69) is 30.7 Å². The van der Waals surface area contributed by atoms with Crippen molar-refractivity contribution in [1.29, 1.82) is 0 Å². The molecule has 1 aromatic carbocycles. The summed E-state index contributed by atoms with van der Waals surface area (Å²) < 4.78 is 3.51. The molecule has 3 aromatic heterocycles. The average Bonchev–Trinajstić information content (AvgIpc) is 3.36. The molecule has 0 aliphatic carbocycles. The van der Waals surface area contributed by atoms with Crippen molar-refractivity contribution in [2.24, 2.45) is 0 Å². The van der Waals surface area contributed by atoms with E-state index in [-0.39, 0.29) is 12.5 Å². The van der Waals surface area contributed by atoms with Crippen molar-refractivity contribution in [1.82, 2.24) is 34.6 Å². The highest BCUT2D eigenvalue weighted by Crippen LogP contribution is 2.11. The van der Waals surface area contributed by atoms with Crippen LogP contribution in [0.4, 0.5) is 5.82 Å². The fraction of sp³-hybridized carbons (Fsp3) is 0.211. The molecule has 0 aliphatic heterocycles. The van der Waals surface area contributed by atoms with Crippen molar-refractivity contribution in [3.8, 4) is 5.82 Å². The van der Waals surface area contributed by atoms with Gasteiger partial charge in [0.25, 0.3) is 0 Å². The Morgan fingerprint density at radius 2 is 2.04 bits per heavy atom. The number of anilines is 1. The van der Waals surface area contributed by atoms with Gasteiger partial charge in [-0.1, -0.05) is 12.1 Å². The quantitative estimate of drug-likeness (QED) is 0.475. The number of fused-ring (bicyclic) bond motifs is 1. The normalized spacial score (nSPS) is 10.9. The van der Waals surface area contributed by atoms with Gasteiger partial charge in [0, 0.05) is 31.5 Å². The van der Waals surface area contributed by atoms with Crippen LogP contribution in [0.15, 0.2) is 55.1 Å².